The maximum atomic E-state index is 12.1. The van der Waals surface area contributed by atoms with Crippen LogP contribution in [0.2, 0.25) is 0 Å². The third-order valence-corrected chi connectivity index (χ3v) is 5.73. The van der Waals surface area contributed by atoms with Crippen molar-refractivity contribution in [3.63, 3.8) is 0 Å². The van der Waals surface area contributed by atoms with E-state index in [1.165, 1.54) is 12.8 Å². The summed E-state index contributed by atoms with van der Waals surface area (Å²) in [5, 5.41) is 4.23. The number of thioether (sulfide) groups is 1. The third-order valence-electron chi connectivity index (χ3n) is 4.75. The second kappa shape index (κ2) is 11.8. The number of unbranched alkanes of at least 4 members (excludes halogenated alkanes) is 1. The SMILES string of the molecule is CCCCC(CC)COC(=O)CCSc1cc(OC)cc(-c2cnn(C)c2)c1. The van der Waals surface area contributed by atoms with E-state index in [9.17, 15) is 4.79 Å². The molecular formula is C22H32N2O3S. The fourth-order valence-electron chi connectivity index (χ4n) is 2.94. The van der Waals surface area contributed by atoms with Gasteiger partial charge in [-0.15, -0.1) is 11.8 Å². The van der Waals surface area contributed by atoms with Crippen LogP contribution in [0.1, 0.15) is 46.0 Å². The van der Waals surface area contributed by atoms with Crippen LogP contribution in [0.15, 0.2) is 35.5 Å². The summed E-state index contributed by atoms with van der Waals surface area (Å²) >= 11 is 1.64. The second-order valence-corrected chi connectivity index (χ2v) is 8.17. The van der Waals surface area contributed by atoms with Crippen LogP contribution < -0.4 is 4.74 Å². The Morgan fingerprint density at radius 1 is 1.25 bits per heavy atom. The number of ether oxygens (including phenoxy) is 2. The summed E-state index contributed by atoms with van der Waals surface area (Å²) in [6, 6.07) is 6.09. The highest BCUT2D eigenvalue weighted by molar-refractivity contribution is 7.99. The molecule has 154 valence electrons. The van der Waals surface area contributed by atoms with E-state index in [0.717, 1.165) is 34.6 Å². The molecule has 0 aliphatic carbocycles. The van der Waals surface area contributed by atoms with E-state index in [4.69, 9.17) is 9.47 Å². The lowest BCUT2D eigenvalue weighted by Gasteiger charge is -2.14. The van der Waals surface area contributed by atoms with Gasteiger partial charge in [-0.1, -0.05) is 33.1 Å². The number of methoxy groups -OCH3 is 1. The summed E-state index contributed by atoms with van der Waals surface area (Å²) in [5.41, 5.74) is 2.10. The minimum absolute atomic E-state index is 0.113. The van der Waals surface area contributed by atoms with Crippen LogP contribution in [0, 0.1) is 5.92 Å². The van der Waals surface area contributed by atoms with Gasteiger partial charge in [0.1, 0.15) is 5.75 Å². The quantitative estimate of drug-likeness (QED) is 0.353. The highest BCUT2D eigenvalue weighted by Gasteiger charge is 2.11. The Balaban J connectivity index is 1.85. The number of benzene rings is 1. The van der Waals surface area contributed by atoms with Crippen LogP contribution in [-0.2, 0) is 16.6 Å². The monoisotopic (exact) mass is 404 g/mol. The normalized spacial score (nSPS) is 12.0. The van der Waals surface area contributed by atoms with Gasteiger partial charge in [0.25, 0.3) is 0 Å². The third kappa shape index (κ3) is 7.23. The molecule has 0 aliphatic heterocycles. The first-order valence-corrected chi connectivity index (χ1v) is 11.0. The van der Waals surface area contributed by atoms with Gasteiger partial charge in [-0.05, 0) is 36.1 Å². The fourth-order valence-corrected chi connectivity index (χ4v) is 3.86. The molecule has 1 atom stereocenters. The Labute approximate surface area is 172 Å². The average molecular weight is 405 g/mol. The topological polar surface area (TPSA) is 53.4 Å². The first kappa shape index (κ1) is 22.3. The van der Waals surface area contributed by atoms with Gasteiger partial charge in [-0.25, -0.2) is 0 Å². The Morgan fingerprint density at radius 3 is 2.71 bits per heavy atom. The molecule has 0 radical (unpaired) electrons. The van der Waals surface area contributed by atoms with Gasteiger partial charge in [0.2, 0.25) is 0 Å². The zero-order chi connectivity index (χ0) is 20.4. The molecule has 0 spiro atoms. The molecule has 1 heterocycles. The molecule has 0 N–H and O–H groups in total. The molecule has 0 saturated heterocycles. The van der Waals surface area contributed by atoms with E-state index in [0.29, 0.717) is 24.7 Å². The number of nitrogens with zero attached hydrogens (tertiary/aromatic N) is 2. The molecular weight excluding hydrogens is 372 g/mol. The number of rotatable bonds is 12. The van der Waals surface area contributed by atoms with Crippen molar-refractivity contribution >= 4 is 17.7 Å². The van der Waals surface area contributed by atoms with Crippen LogP contribution in [0.3, 0.4) is 0 Å². The fraction of sp³-hybridized carbons (Fsp3) is 0.545. The van der Waals surface area contributed by atoms with Gasteiger partial charge in [0.15, 0.2) is 0 Å². The zero-order valence-electron chi connectivity index (χ0n) is 17.4. The van der Waals surface area contributed by atoms with Gasteiger partial charge >= 0.3 is 5.97 Å². The first-order valence-electron chi connectivity index (χ1n) is 10.0. The molecule has 28 heavy (non-hydrogen) atoms. The molecule has 2 aromatic rings. The molecule has 0 aliphatic rings. The Morgan fingerprint density at radius 2 is 2.07 bits per heavy atom. The van der Waals surface area contributed by atoms with Gasteiger partial charge in [0, 0.05) is 29.5 Å². The van der Waals surface area contributed by atoms with E-state index < -0.39 is 0 Å². The van der Waals surface area contributed by atoms with E-state index in [1.807, 2.05) is 31.6 Å². The smallest absolute Gasteiger partial charge is 0.306 e. The van der Waals surface area contributed by atoms with Crippen LogP contribution in [-0.4, -0.2) is 35.2 Å². The van der Waals surface area contributed by atoms with Crippen molar-refractivity contribution in [1.82, 2.24) is 9.78 Å². The predicted octanol–water partition coefficient (Wildman–Crippen LogP) is 5.34. The van der Waals surface area contributed by atoms with Crippen molar-refractivity contribution in [3.05, 3.63) is 30.6 Å². The largest absolute Gasteiger partial charge is 0.497 e. The van der Waals surface area contributed by atoms with E-state index in [2.05, 4.69) is 25.0 Å². The van der Waals surface area contributed by atoms with Crippen molar-refractivity contribution in [2.75, 3.05) is 19.5 Å². The summed E-state index contributed by atoms with van der Waals surface area (Å²) in [6.45, 7) is 4.89. The van der Waals surface area contributed by atoms with E-state index in [-0.39, 0.29) is 5.97 Å². The van der Waals surface area contributed by atoms with Crippen LogP contribution >= 0.6 is 11.8 Å². The maximum absolute atomic E-state index is 12.1. The number of esters is 1. The molecule has 0 bridgehead atoms. The molecule has 5 nitrogen and oxygen atoms in total. The van der Waals surface area contributed by atoms with Crippen molar-refractivity contribution in [2.45, 2.75) is 50.8 Å². The molecule has 0 amide bonds. The van der Waals surface area contributed by atoms with Gasteiger partial charge in [-0.3, -0.25) is 9.48 Å². The lowest BCUT2D eigenvalue weighted by molar-refractivity contribution is -0.144. The molecule has 1 aromatic carbocycles. The van der Waals surface area contributed by atoms with Gasteiger partial charge in [0.05, 0.1) is 26.3 Å². The van der Waals surface area contributed by atoms with E-state index >= 15 is 0 Å². The minimum Gasteiger partial charge on any atom is -0.497 e. The summed E-state index contributed by atoms with van der Waals surface area (Å²) in [7, 11) is 3.56. The number of aromatic nitrogens is 2. The average Bonchev–Trinajstić information content (AvgIpc) is 3.14. The number of aryl methyl sites for hydroxylation is 1. The molecule has 6 heteroatoms. The first-order chi connectivity index (χ1) is 13.5. The van der Waals surface area contributed by atoms with Gasteiger partial charge < -0.3 is 9.47 Å². The number of carbonyl (C=O) groups excluding carboxylic acids is 1. The zero-order valence-corrected chi connectivity index (χ0v) is 18.3. The van der Waals surface area contributed by atoms with Crippen molar-refractivity contribution in [1.29, 1.82) is 0 Å². The number of hydrogen-bond donors (Lipinski definition) is 0. The molecule has 0 saturated carbocycles. The molecule has 0 fully saturated rings. The molecule has 1 unspecified atom stereocenters. The van der Waals surface area contributed by atoms with Crippen molar-refractivity contribution in [2.24, 2.45) is 13.0 Å². The summed E-state index contributed by atoms with van der Waals surface area (Å²) in [4.78, 5) is 13.1. The number of hydrogen-bond acceptors (Lipinski definition) is 5. The minimum atomic E-state index is -0.113. The van der Waals surface area contributed by atoms with E-state index in [1.54, 1.807) is 23.6 Å². The lowest BCUT2D eigenvalue weighted by Crippen LogP contribution is -2.14. The van der Waals surface area contributed by atoms with Crippen LogP contribution in [0.5, 0.6) is 5.75 Å². The second-order valence-electron chi connectivity index (χ2n) is 7.00. The van der Waals surface area contributed by atoms with Crippen LogP contribution in [0.4, 0.5) is 0 Å². The Hall–Kier alpha value is -1.95. The summed E-state index contributed by atoms with van der Waals surface area (Å²) < 4.78 is 12.7. The van der Waals surface area contributed by atoms with Crippen LogP contribution in [0.25, 0.3) is 11.1 Å². The maximum Gasteiger partial charge on any atom is 0.306 e. The summed E-state index contributed by atoms with van der Waals surface area (Å²) in [5.74, 6) is 1.85. The van der Waals surface area contributed by atoms with Crippen molar-refractivity contribution < 1.29 is 14.3 Å². The number of carbonyl (C=O) groups is 1. The lowest BCUT2D eigenvalue weighted by atomic mass is 10.0. The Kier molecular flexibility index (Phi) is 9.41. The molecule has 1 aromatic heterocycles. The highest BCUT2D eigenvalue weighted by atomic mass is 32.2. The molecule has 2 rings (SSSR count). The van der Waals surface area contributed by atoms with Gasteiger partial charge in [-0.2, -0.15) is 5.10 Å². The predicted molar refractivity (Wildman–Crippen MR) is 115 cm³/mol. The standard InChI is InChI=1S/C22H32N2O3S/c1-5-7-8-17(6-2)16-27-22(25)9-10-28-21-12-18(11-20(13-21)26-4)19-14-23-24(3)15-19/h11-15,17H,5-10,16H2,1-4H3. The highest BCUT2D eigenvalue weighted by Crippen LogP contribution is 2.31. The Bertz CT molecular complexity index is 745. The summed E-state index contributed by atoms with van der Waals surface area (Å²) in [6.07, 6.45) is 8.80. The van der Waals surface area contributed by atoms with Crippen molar-refractivity contribution in [3.8, 4) is 16.9 Å².